The van der Waals surface area contributed by atoms with Crippen LogP contribution < -0.4 is 14.8 Å². The Labute approximate surface area is 128 Å². The minimum absolute atomic E-state index is 0.0371. The highest BCUT2D eigenvalue weighted by Gasteiger charge is 2.05. The Bertz CT molecular complexity index is 394. The molecule has 0 heterocycles. The molecule has 0 aliphatic carbocycles. The zero-order chi connectivity index (χ0) is 15.5. The second kappa shape index (κ2) is 10.5. The number of aliphatic hydroxyl groups is 1. The topological polar surface area (TPSA) is 50.7 Å². The van der Waals surface area contributed by atoms with E-state index in [0.717, 1.165) is 42.9 Å². The van der Waals surface area contributed by atoms with Gasteiger partial charge in [0.05, 0.1) is 19.8 Å². The van der Waals surface area contributed by atoms with Crippen molar-refractivity contribution < 1.29 is 14.6 Å². The summed E-state index contributed by atoms with van der Waals surface area (Å²) in [5, 5.41) is 12.8. The number of hydrogen-bond acceptors (Lipinski definition) is 4. The molecule has 1 aromatic rings. The van der Waals surface area contributed by atoms with E-state index in [0.29, 0.717) is 19.3 Å². The molecular weight excluding hydrogens is 266 g/mol. The Morgan fingerprint density at radius 3 is 2.57 bits per heavy atom. The minimum atomic E-state index is -0.0371. The van der Waals surface area contributed by atoms with Crippen LogP contribution in [0.1, 0.15) is 45.6 Å². The second-order valence-electron chi connectivity index (χ2n) is 5.44. The molecule has 0 amide bonds. The zero-order valence-electron chi connectivity index (χ0n) is 13.5. The number of unbranched alkanes of at least 4 members (excludes halogenated alkanes) is 1. The smallest absolute Gasteiger partial charge is 0.125 e. The van der Waals surface area contributed by atoms with E-state index < -0.39 is 0 Å². The lowest BCUT2D eigenvalue weighted by Crippen LogP contribution is -2.24. The van der Waals surface area contributed by atoms with Crippen molar-refractivity contribution in [2.75, 3.05) is 19.8 Å². The van der Waals surface area contributed by atoms with Crippen molar-refractivity contribution in [3.63, 3.8) is 0 Å². The molecule has 0 aromatic heterocycles. The summed E-state index contributed by atoms with van der Waals surface area (Å²) in [6.45, 7) is 8.64. The van der Waals surface area contributed by atoms with E-state index in [4.69, 9.17) is 9.47 Å². The predicted molar refractivity (Wildman–Crippen MR) is 86.0 cm³/mol. The van der Waals surface area contributed by atoms with Crippen LogP contribution in [0.5, 0.6) is 11.5 Å². The molecule has 0 spiro atoms. The molecule has 1 aromatic carbocycles. The standard InChI is InChI=1S/C17H29NO3/c1-4-5-10-20-16-7-8-17(15(12-16)13-19)21-11-6-9-18-14(2)3/h7-8,12,14,18-19H,4-6,9-11,13H2,1-3H3. The van der Waals surface area contributed by atoms with Gasteiger partial charge in [-0.3, -0.25) is 0 Å². The van der Waals surface area contributed by atoms with E-state index in [1.807, 2.05) is 18.2 Å². The first-order valence-electron chi connectivity index (χ1n) is 7.90. The van der Waals surface area contributed by atoms with Gasteiger partial charge in [0.15, 0.2) is 0 Å². The highest BCUT2D eigenvalue weighted by Crippen LogP contribution is 2.24. The molecule has 4 nitrogen and oxygen atoms in total. The van der Waals surface area contributed by atoms with Gasteiger partial charge in [-0.1, -0.05) is 27.2 Å². The molecule has 0 bridgehead atoms. The van der Waals surface area contributed by atoms with Crippen molar-refractivity contribution >= 4 is 0 Å². The normalized spacial score (nSPS) is 10.9. The van der Waals surface area contributed by atoms with Crippen LogP contribution in [0.2, 0.25) is 0 Å². The molecule has 4 heteroatoms. The summed E-state index contributed by atoms with van der Waals surface area (Å²) >= 11 is 0. The van der Waals surface area contributed by atoms with Gasteiger partial charge in [0.1, 0.15) is 11.5 Å². The molecule has 0 fully saturated rings. The van der Waals surface area contributed by atoms with Crippen molar-refractivity contribution in [2.24, 2.45) is 0 Å². The first-order chi connectivity index (χ1) is 10.2. The van der Waals surface area contributed by atoms with Gasteiger partial charge in [-0.05, 0) is 37.6 Å². The fourth-order valence-electron chi connectivity index (χ4n) is 1.89. The summed E-state index contributed by atoms with van der Waals surface area (Å²) in [6.07, 6.45) is 3.09. The van der Waals surface area contributed by atoms with Gasteiger partial charge in [-0.25, -0.2) is 0 Å². The first kappa shape index (κ1) is 17.8. The summed E-state index contributed by atoms with van der Waals surface area (Å²) in [4.78, 5) is 0. The van der Waals surface area contributed by atoms with Gasteiger partial charge >= 0.3 is 0 Å². The number of nitrogens with one attached hydrogen (secondary N) is 1. The van der Waals surface area contributed by atoms with Crippen molar-refractivity contribution in [2.45, 2.75) is 52.7 Å². The quantitative estimate of drug-likeness (QED) is 0.616. The summed E-state index contributed by atoms with van der Waals surface area (Å²) in [7, 11) is 0. The number of benzene rings is 1. The molecule has 0 saturated heterocycles. The van der Waals surface area contributed by atoms with Crippen LogP contribution >= 0.6 is 0 Å². The van der Waals surface area contributed by atoms with Gasteiger partial charge in [-0.15, -0.1) is 0 Å². The van der Waals surface area contributed by atoms with E-state index >= 15 is 0 Å². The third-order valence-electron chi connectivity index (χ3n) is 3.10. The monoisotopic (exact) mass is 295 g/mol. The number of ether oxygens (including phenoxy) is 2. The Hall–Kier alpha value is -1.26. The lowest BCUT2D eigenvalue weighted by molar-refractivity contribution is 0.257. The molecule has 0 aliphatic heterocycles. The van der Waals surface area contributed by atoms with Crippen LogP contribution in [0.3, 0.4) is 0 Å². The molecule has 0 radical (unpaired) electrons. The van der Waals surface area contributed by atoms with Gasteiger partial charge in [0.25, 0.3) is 0 Å². The van der Waals surface area contributed by atoms with E-state index in [9.17, 15) is 5.11 Å². The molecule has 0 atom stereocenters. The third kappa shape index (κ3) is 7.34. The van der Waals surface area contributed by atoms with Crippen LogP contribution in [-0.2, 0) is 6.61 Å². The van der Waals surface area contributed by atoms with E-state index in [1.54, 1.807) is 0 Å². The Balaban J connectivity index is 2.42. The maximum absolute atomic E-state index is 9.44. The van der Waals surface area contributed by atoms with E-state index in [-0.39, 0.29) is 6.61 Å². The summed E-state index contributed by atoms with van der Waals surface area (Å²) in [6, 6.07) is 6.13. The predicted octanol–water partition coefficient (Wildman–Crippen LogP) is 3.12. The van der Waals surface area contributed by atoms with Crippen LogP contribution in [0.4, 0.5) is 0 Å². The summed E-state index contributed by atoms with van der Waals surface area (Å²) < 4.78 is 11.4. The lowest BCUT2D eigenvalue weighted by atomic mass is 10.2. The zero-order valence-corrected chi connectivity index (χ0v) is 13.5. The highest BCUT2D eigenvalue weighted by molar-refractivity contribution is 5.39. The molecule has 0 unspecified atom stereocenters. The van der Waals surface area contributed by atoms with Crippen LogP contribution in [0.25, 0.3) is 0 Å². The van der Waals surface area contributed by atoms with Gasteiger partial charge in [0.2, 0.25) is 0 Å². The van der Waals surface area contributed by atoms with Crippen LogP contribution in [-0.4, -0.2) is 30.9 Å². The number of rotatable bonds is 11. The van der Waals surface area contributed by atoms with Crippen molar-refractivity contribution in [3.8, 4) is 11.5 Å². The first-order valence-corrected chi connectivity index (χ1v) is 7.90. The number of hydrogen-bond donors (Lipinski definition) is 2. The second-order valence-corrected chi connectivity index (χ2v) is 5.44. The molecule has 120 valence electrons. The van der Waals surface area contributed by atoms with E-state index in [1.165, 1.54) is 0 Å². The molecule has 2 N–H and O–H groups in total. The fourth-order valence-corrected chi connectivity index (χ4v) is 1.89. The molecule has 1 rings (SSSR count). The van der Waals surface area contributed by atoms with Crippen molar-refractivity contribution in [1.29, 1.82) is 0 Å². The maximum Gasteiger partial charge on any atom is 0.125 e. The largest absolute Gasteiger partial charge is 0.494 e. The molecule has 0 aliphatic rings. The highest BCUT2D eigenvalue weighted by atomic mass is 16.5. The Morgan fingerprint density at radius 2 is 1.90 bits per heavy atom. The van der Waals surface area contributed by atoms with Crippen LogP contribution in [0, 0.1) is 0 Å². The van der Waals surface area contributed by atoms with E-state index in [2.05, 4.69) is 26.1 Å². The van der Waals surface area contributed by atoms with Gasteiger partial charge in [-0.2, -0.15) is 0 Å². The lowest BCUT2D eigenvalue weighted by Gasteiger charge is -2.13. The maximum atomic E-state index is 9.44. The Kier molecular flexibility index (Phi) is 8.87. The number of aliphatic hydroxyl groups excluding tert-OH is 1. The SMILES string of the molecule is CCCCOc1ccc(OCCCNC(C)C)c(CO)c1. The molecule has 0 saturated carbocycles. The third-order valence-corrected chi connectivity index (χ3v) is 3.10. The van der Waals surface area contributed by atoms with Crippen LogP contribution in [0.15, 0.2) is 18.2 Å². The van der Waals surface area contributed by atoms with Crippen molar-refractivity contribution in [3.05, 3.63) is 23.8 Å². The van der Waals surface area contributed by atoms with Crippen molar-refractivity contribution in [1.82, 2.24) is 5.32 Å². The van der Waals surface area contributed by atoms with Gasteiger partial charge < -0.3 is 19.9 Å². The molecular formula is C17H29NO3. The Morgan fingerprint density at radius 1 is 1.14 bits per heavy atom. The minimum Gasteiger partial charge on any atom is -0.494 e. The fraction of sp³-hybridized carbons (Fsp3) is 0.647. The average molecular weight is 295 g/mol. The van der Waals surface area contributed by atoms with Gasteiger partial charge in [0, 0.05) is 11.6 Å². The molecule has 21 heavy (non-hydrogen) atoms. The summed E-state index contributed by atoms with van der Waals surface area (Å²) in [5.41, 5.74) is 0.779. The average Bonchev–Trinajstić information content (AvgIpc) is 2.47. The summed E-state index contributed by atoms with van der Waals surface area (Å²) in [5.74, 6) is 1.53.